The van der Waals surface area contributed by atoms with E-state index in [2.05, 4.69) is 50.3 Å². The van der Waals surface area contributed by atoms with Crippen LogP contribution in [-0.4, -0.2) is 75.5 Å². The number of nitrogens with zero attached hydrogens (tertiary/aromatic N) is 1. The lowest BCUT2D eigenvalue weighted by Crippen LogP contribution is -2.55. The Morgan fingerprint density at radius 2 is 1.33 bits per heavy atom. The predicted molar refractivity (Wildman–Crippen MR) is 185 cm³/mol. The monoisotopic (exact) mass is 647 g/mol. The molecule has 0 fully saturated rings. The SMILES string of the molecule is CC/C=C/C/C=C/CCC(=O)OC(COCCC(C(=O)[O-])[N+](C)(C)C)COC(=O)CCCCCCCC/C=C/C=C/CCCCC. The van der Waals surface area contributed by atoms with Crippen molar-refractivity contribution >= 4 is 17.9 Å². The molecule has 0 saturated heterocycles. The number of carboxylic acids is 1. The Bertz CT molecular complexity index is 901. The first-order valence-electron chi connectivity index (χ1n) is 17.7. The largest absolute Gasteiger partial charge is 0.544 e. The van der Waals surface area contributed by atoms with Crippen molar-refractivity contribution in [3.8, 4) is 0 Å². The van der Waals surface area contributed by atoms with Crippen LogP contribution in [-0.2, 0) is 28.6 Å². The normalized spacial score (nSPS) is 13.7. The number of carbonyl (C=O) groups is 3. The van der Waals surface area contributed by atoms with E-state index in [9.17, 15) is 19.5 Å². The summed E-state index contributed by atoms with van der Waals surface area (Å²) in [6.45, 7) is 4.37. The molecule has 264 valence electrons. The maximum Gasteiger partial charge on any atom is 0.306 e. The van der Waals surface area contributed by atoms with E-state index in [1.807, 2.05) is 12.2 Å². The van der Waals surface area contributed by atoms with Gasteiger partial charge in [0, 0.05) is 19.3 Å². The van der Waals surface area contributed by atoms with E-state index in [4.69, 9.17) is 14.2 Å². The van der Waals surface area contributed by atoms with Crippen LogP contribution in [0.3, 0.4) is 0 Å². The lowest BCUT2D eigenvalue weighted by atomic mass is 10.1. The summed E-state index contributed by atoms with van der Waals surface area (Å²) in [5.41, 5.74) is 0. The Hall–Kier alpha value is -2.71. The topological polar surface area (TPSA) is 102 Å². The van der Waals surface area contributed by atoms with E-state index in [0.717, 1.165) is 51.4 Å². The van der Waals surface area contributed by atoms with Gasteiger partial charge in [0.05, 0.1) is 40.3 Å². The van der Waals surface area contributed by atoms with Crippen molar-refractivity contribution in [2.24, 2.45) is 0 Å². The molecule has 0 aromatic heterocycles. The minimum atomic E-state index is -1.14. The molecule has 0 spiro atoms. The van der Waals surface area contributed by atoms with Crippen LogP contribution in [0.5, 0.6) is 0 Å². The van der Waals surface area contributed by atoms with Crippen molar-refractivity contribution in [1.29, 1.82) is 0 Å². The number of hydrogen-bond donors (Lipinski definition) is 0. The minimum absolute atomic E-state index is 0.0119. The highest BCUT2D eigenvalue weighted by Crippen LogP contribution is 2.11. The standard InChI is InChI=1S/C38H65NO7/c1-6-8-10-12-14-15-16-17-18-19-20-21-23-24-26-28-36(40)45-33-34(32-44-31-30-35(38(42)43)39(3,4)5)46-37(41)29-27-25-22-13-11-9-7-2/h9,11,14-17,22,25,34-35H,6-8,10,12-13,18-21,23-24,26-33H2,1-5H3/b11-9+,15-14+,17-16+,25-22+. The zero-order valence-corrected chi connectivity index (χ0v) is 29.7. The summed E-state index contributed by atoms with van der Waals surface area (Å²) >= 11 is 0. The summed E-state index contributed by atoms with van der Waals surface area (Å²) < 4.78 is 16.9. The molecule has 0 amide bonds. The zero-order valence-electron chi connectivity index (χ0n) is 29.7. The second kappa shape index (κ2) is 29.7. The fourth-order valence-electron chi connectivity index (χ4n) is 4.71. The Morgan fingerprint density at radius 1 is 0.696 bits per heavy atom. The van der Waals surface area contributed by atoms with E-state index in [-0.39, 0.29) is 43.1 Å². The summed E-state index contributed by atoms with van der Waals surface area (Å²) in [4.78, 5) is 36.4. The fraction of sp³-hybridized carbons (Fsp3) is 0.711. The van der Waals surface area contributed by atoms with Crippen LogP contribution >= 0.6 is 0 Å². The second-order valence-corrected chi connectivity index (χ2v) is 12.7. The van der Waals surface area contributed by atoms with Gasteiger partial charge in [0.2, 0.25) is 0 Å². The third-order valence-electron chi connectivity index (χ3n) is 7.49. The van der Waals surface area contributed by atoms with Crippen molar-refractivity contribution < 1.29 is 38.2 Å². The number of unbranched alkanes of at least 4 members (excludes halogenated alkanes) is 9. The smallest absolute Gasteiger partial charge is 0.306 e. The van der Waals surface area contributed by atoms with Gasteiger partial charge in [-0.15, -0.1) is 0 Å². The molecule has 0 aliphatic carbocycles. The van der Waals surface area contributed by atoms with Crippen LogP contribution in [0.1, 0.15) is 123 Å². The minimum Gasteiger partial charge on any atom is -0.544 e. The zero-order chi connectivity index (χ0) is 34.3. The Balaban J connectivity index is 4.44. The van der Waals surface area contributed by atoms with Gasteiger partial charge in [-0.1, -0.05) is 101 Å². The molecule has 0 N–H and O–H groups in total. The highest BCUT2D eigenvalue weighted by molar-refractivity contribution is 5.70. The van der Waals surface area contributed by atoms with Crippen molar-refractivity contribution in [1.82, 2.24) is 0 Å². The van der Waals surface area contributed by atoms with Gasteiger partial charge in [-0.2, -0.15) is 0 Å². The first kappa shape index (κ1) is 43.3. The van der Waals surface area contributed by atoms with Gasteiger partial charge < -0.3 is 28.6 Å². The molecule has 0 rings (SSSR count). The molecule has 2 atom stereocenters. The predicted octanol–water partition coefficient (Wildman–Crippen LogP) is 7.18. The Morgan fingerprint density at radius 3 is 1.96 bits per heavy atom. The number of aliphatic carboxylic acids is 1. The van der Waals surface area contributed by atoms with Gasteiger partial charge in [0.1, 0.15) is 12.6 Å². The molecule has 8 heteroatoms. The van der Waals surface area contributed by atoms with Crippen LogP contribution in [0.15, 0.2) is 48.6 Å². The molecule has 2 unspecified atom stereocenters. The maximum absolute atomic E-state index is 12.5. The van der Waals surface area contributed by atoms with Gasteiger partial charge in [0.25, 0.3) is 0 Å². The molecule has 0 heterocycles. The van der Waals surface area contributed by atoms with E-state index in [1.54, 1.807) is 21.1 Å². The summed E-state index contributed by atoms with van der Waals surface area (Å²) in [7, 11) is 5.36. The summed E-state index contributed by atoms with van der Waals surface area (Å²) in [6.07, 6.45) is 31.7. The molecule has 0 aromatic carbocycles. The number of allylic oxidation sites excluding steroid dienone is 8. The van der Waals surface area contributed by atoms with Gasteiger partial charge in [-0.25, -0.2) is 0 Å². The number of carbonyl (C=O) groups excluding carboxylic acids is 3. The molecule has 0 aromatic rings. The number of carboxylic acid groups (broad SMARTS) is 1. The van der Waals surface area contributed by atoms with Crippen LogP contribution in [0.2, 0.25) is 0 Å². The summed E-state index contributed by atoms with van der Waals surface area (Å²) in [6, 6.07) is -0.734. The highest BCUT2D eigenvalue weighted by Gasteiger charge is 2.25. The average molecular weight is 648 g/mol. The molecular formula is C38H65NO7. The maximum atomic E-state index is 12.5. The molecule has 0 bridgehead atoms. The third-order valence-corrected chi connectivity index (χ3v) is 7.49. The van der Waals surface area contributed by atoms with Crippen LogP contribution in [0, 0.1) is 0 Å². The first-order valence-corrected chi connectivity index (χ1v) is 17.7. The van der Waals surface area contributed by atoms with Gasteiger partial charge in [0.15, 0.2) is 6.10 Å². The number of esters is 2. The Labute approximate surface area is 280 Å². The lowest BCUT2D eigenvalue weighted by molar-refractivity contribution is -0.889. The van der Waals surface area contributed by atoms with Crippen molar-refractivity contribution in [2.45, 2.75) is 135 Å². The van der Waals surface area contributed by atoms with Crippen LogP contribution in [0.4, 0.5) is 0 Å². The lowest BCUT2D eigenvalue weighted by Gasteiger charge is -2.34. The molecule has 46 heavy (non-hydrogen) atoms. The quantitative estimate of drug-likeness (QED) is 0.0268. The van der Waals surface area contributed by atoms with Gasteiger partial charge in [-0.3, -0.25) is 9.59 Å². The van der Waals surface area contributed by atoms with Crippen LogP contribution in [0.25, 0.3) is 0 Å². The summed E-state index contributed by atoms with van der Waals surface area (Å²) in [5.74, 6) is -1.86. The molecule has 8 nitrogen and oxygen atoms in total. The van der Waals surface area contributed by atoms with E-state index in [1.165, 1.54) is 32.1 Å². The summed E-state index contributed by atoms with van der Waals surface area (Å²) in [5, 5.41) is 11.5. The average Bonchev–Trinajstić information content (AvgIpc) is 3.00. The molecule has 0 aliphatic rings. The number of ether oxygens (including phenoxy) is 3. The fourth-order valence-corrected chi connectivity index (χ4v) is 4.71. The Kier molecular flexibility index (Phi) is 27.9. The van der Waals surface area contributed by atoms with Crippen molar-refractivity contribution in [3.05, 3.63) is 48.6 Å². The highest BCUT2D eigenvalue weighted by atomic mass is 16.6. The van der Waals surface area contributed by atoms with Crippen molar-refractivity contribution in [2.75, 3.05) is 41.0 Å². The molecule has 0 aliphatic heterocycles. The van der Waals surface area contributed by atoms with E-state index < -0.39 is 24.1 Å². The second-order valence-electron chi connectivity index (χ2n) is 12.7. The van der Waals surface area contributed by atoms with Gasteiger partial charge in [-0.05, 0) is 51.4 Å². The van der Waals surface area contributed by atoms with Crippen LogP contribution < -0.4 is 5.11 Å². The number of rotatable bonds is 30. The van der Waals surface area contributed by atoms with Gasteiger partial charge >= 0.3 is 11.9 Å². The molecule has 0 saturated carbocycles. The number of quaternary nitrogens is 1. The number of hydrogen-bond acceptors (Lipinski definition) is 7. The third kappa shape index (κ3) is 27.6. The van der Waals surface area contributed by atoms with E-state index >= 15 is 0 Å². The number of likely N-dealkylation sites (N-methyl/N-ethyl adjacent to an activating group) is 1. The first-order chi connectivity index (χ1) is 22.1. The molecular weight excluding hydrogens is 582 g/mol. The van der Waals surface area contributed by atoms with E-state index in [0.29, 0.717) is 12.8 Å². The molecule has 0 radical (unpaired) electrons. The van der Waals surface area contributed by atoms with Crippen molar-refractivity contribution in [3.63, 3.8) is 0 Å².